The Labute approximate surface area is 133 Å². The van der Waals surface area contributed by atoms with Gasteiger partial charge in [-0.05, 0) is 37.1 Å². The van der Waals surface area contributed by atoms with Crippen molar-refractivity contribution in [1.29, 1.82) is 0 Å². The van der Waals surface area contributed by atoms with E-state index in [1.807, 2.05) is 17.5 Å². The number of rotatable bonds is 4. The number of hydrazone groups is 1. The van der Waals surface area contributed by atoms with Gasteiger partial charge < -0.3 is 0 Å². The molecule has 0 aliphatic carbocycles. The fraction of sp³-hybridized carbons (Fsp3) is 0.118. The van der Waals surface area contributed by atoms with Gasteiger partial charge in [-0.2, -0.15) is 5.10 Å². The topological polar surface area (TPSA) is 50.2 Å². The molecule has 4 nitrogen and oxygen atoms in total. The SMILES string of the molecule is Cc1ccc(-c2csc(N/N=C\c3cccnc3)n2)cc1C. The lowest BCUT2D eigenvalue weighted by atomic mass is 10.1. The number of benzene rings is 1. The van der Waals surface area contributed by atoms with E-state index in [9.17, 15) is 0 Å². The Kier molecular flexibility index (Phi) is 4.25. The molecule has 110 valence electrons. The first-order valence-electron chi connectivity index (χ1n) is 6.94. The molecule has 3 rings (SSSR count). The Morgan fingerprint density at radius 2 is 2.09 bits per heavy atom. The predicted molar refractivity (Wildman–Crippen MR) is 92.5 cm³/mol. The predicted octanol–water partition coefficient (Wildman–Crippen LogP) is 4.27. The second kappa shape index (κ2) is 6.49. The number of hydrogen-bond acceptors (Lipinski definition) is 5. The number of hydrogen-bond donors (Lipinski definition) is 1. The van der Waals surface area contributed by atoms with Crippen LogP contribution >= 0.6 is 11.3 Å². The van der Waals surface area contributed by atoms with Crippen LogP contribution in [-0.2, 0) is 0 Å². The third-order valence-electron chi connectivity index (χ3n) is 3.37. The van der Waals surface area contributed by atoms with Gasteiger partial charge in [0.2, 0.25) is 5.13 Å². The third-order valence-corrected chi connectivity index (χ3v) is 4.11. The quantitative estimate of drug-likeness (QED) is 0.578. The summed E-state index contributed by atoms with van der Waals surface area (Å²) in [6.45, 7) is 4.23. The minimum Gasteiger partial charge on any atom is -0.264 e. The number of anilines is 1. The highest BCUT2D eigenvalue weighted by atomic mass is 32.1. The summed E-state index contributed by atoms with van der Waals surface area (Å²) in [5.74, 6) is 0. The van der Waals surface area contributed by atoms with Gasteiger partial charge in [-0.25, -0.2) is 4.98 Å². The van der Waals surface area contributed by atoms with Crippen molar-refractivity contribution in [2.24, 2.45) is 5.10 Å². The van der Waals surface area contributed by atoms with Crippen LogP contribution < -0.4 is 5.43 Å². The number of aryl methyl sites for hydroxylation is 2. The molecule has 22 heavy (non-hydrogen) atoms. The molecule has 0 saturated carbocycles. The summed E-state index contributed by atoms with van der Waals surface area (Å²) >= 11 is 1.54. The van der Waals surface area contributed by atoms with Gasteiger partial charge in [-0.1, -0.05) is 18.2 Å². The molecule has 0 radical (unpaired) electrons. The number of nitrogens with zero attached hydrogens (tertiary/aromatic N) is 3. The van der Waals surface area contributed by atoms with Crippen molar-refractivity contribution in [3.8, 4) is 11.3 Å². The van der Waals surface area contributed by atoms with E-state index in [0.717, 1.165) is 22.0 Å². The number of aromatic nitrogens is 2. The van der Waals surface area contributed by atoms with Crippen molar-refractivity contribution >= 4 is 22.7 Å². The average molecular weight is 308 g/mol. The Morgan fingerprint density at radius 3 is 2.86 bits per heavy atom. The molecule has 3 aromatic rings. The van der Waals surface area contributed by atoms with Crippen LogP contribution in [0.4, 0.5) is 5.13 Å². The maximum absolute atomic E-state index is 4.56. The summed E-state index contributed by atoms with van der Waals surface area (Å²) in [5, 5.41) is 6.99. The third kappa shape index (κ3) is 3.38. The average Bonchev–Trinajstić information content (AvgIpc) is 3.00. The smallest absolute Gasteiger partial charge is 0.203 e. The van der Waals surface area contributed by atoms with E-state index in [0.29, 0.717) is 0 Å². The fourth-order valence-corrected chi connectivity index (χ4v) is 2.64. The van der Waals surface area contributed by atoms with Gasteiger partial charge in [0.25, 0.3) is 0 Å². The van der Waals surface area contributed by atoms with Crippen molar-refractivity contribution in [2.75, 3.05) is 5.43 Å². The van der Waals surface area contributed by atoms with Crippen molar-refractivity contribution in [3.63, 3.8) is 0 Å². The van der Waals surface area contributed by atoms with Crippen LogP contribution in [0, 0.1) is 13.8 Å². The fourth-order valence-electron chi connectivity index (χ4n) is 1.97. The standard InChI is InChI=1S/C17H16N4S/c1-12-5-6-15(8-13(12)2)16-11-22-17(20-16)21-19-10-14-4-3-7-18-9-14/h3-11H,1-2H3,(H,20,21)/b19-10-. The first kappa shape index (κ1) is 14.4. The summed E-state index contributed by atoms with van der Waals surface area (Å²) in [6.07, 6.45) is 5.22. The molecule has 2 heterocycles. The van der Waals surface area contributed by atoms with E-state index in [2.05, 4.69) is 52.5 Å². The lowest BCUT2D eigenvalue weighted by molar-refractivity contribution is 1.27. The monoisotopic (exact) mass is 308 g/mol. The highest BCUT2D eigenvalue weighted by Gasteiger charge is 2.05. The highest BCUT2D eigenvalue weighted by molar-refractivity contribution is 7.14. The molecule has 0 aliphatic heterocycles. The Balaban J connectivity index is 1.71. The van der Waals surface area contributed by atoms with E-state index < -0.39 is 0 Å². The normalized spacial score (nSPS) is 11.0. The van der Waals surface area contributed by atoms with Gasteiger partial charge in [0.1, 0.15) is 0 Å². The maximum atomic E-state index is 4.56. The zero-order valence-corrected chi connectivity index (χ0v) is 13.3. The van der Waals surface area contributed by atoms with Crippen LogP contribution in [0.2, 0.25) is 0 Å². The molecule has 2 aromatic heterocycles. The molecule has 1 aromatic carbocycles. The lowest BCUT2D eigenvalue weighted by Gasteiger charge is -2.02. The van der Waals surface area contributed by atoms with Gasteiger partial charge >= 0.3 is 0 Å². The Bertz CT molecular complexity index is 793. The zero-order valence-electron chi connectivity index (χ0n) is 12.4. The van der Waals surface area contributed by atoms with Gasteiger partial charge in [-0.3, -0.25) is 10.4 Å². The lowest BCUT2D eigenvalue weighted by Crippen LogP contribution is -1.90. The van der Waals surface area contributed by atoms with E-state index in [1.54, 1.807) is 18.6 Å². The van der Waals surface area contributed by atoms with Gasteiger partial charge in [0, 0.05) is 28.9 Å². The highest BCUT2D eigenvalue weighted by Crippen LogP contribution is 2.26. The van der Waals surface area contributed by atoms with E-state index >= 15 is 0 Å². The van der Waals surface area contributed by atoms with Crippen molar-refractivity contribution in [1.82, 2.24) is 9.97 Å². The molecule has 0 bridgehead atoms. The minimum absolute atomic E-state index is 0.772. The Morgan fingerprint density at radius 1 is 1.18 bits per heavy atom. The van der Waals surface area contributed by atoms with Crippen LogP contribution in [-0.4, -0.2) is 16.2 Å². The van der Waals surface area contributed by atoms with Crippen molar-refractivity contribution in [3.05, 3.63) is 64.8 Å². The van der Waals surface area contributed by atoms with E-state index in [4.69, 9.17) is 0 Å². The molecule has 0 fully saturated rings. The molecule has 5 heteroatoms. The van der Waals surface area contributed by atoms with Crippen LogP contribution in [0.3, 0.4) is 0 Å². The molecule has 0 spiro atoms. The van der Waals surface area contributed by atoms with E-state index in [1.165, 1.54) is 22.5 Å². The first-order chi connectivity index (χ1) is 10.7. The second-order valence-corrected chi connectivity index (χ2v) is 5.85. The maximum Gasteiger partial charge on any atom is 0.203 e. The van der Waals surface area contributed by atoms with Gasteiger partial charge in [0.15, 0.2) is 0 Å². The molecule has 0 saturated heterocycles. The first-order valence-corrected chi connectivity index (χ1v) is 7.82. The molecular formula is C17H16N4S. The number of pyridine rings is 1. The van der Waals surface area contributed by atoms with Crippen LogP contribution in [0.1, 0.15) is 16.7 Å². The van der Waals surface area contributed by atoms with Gasteiger partial charge in [0.05, 0.1) is 11.9 Å². The molecule has 0 aliphatic rings. The summed E-state index contributed by atoms with van der Waals surface area (Å²) in [7, 11) is 0. The molecular weight excluding hydrogens is 292 g/mol. The van der Waals surface area contributed by atoms with Crippen LogP contribution in [0.5, 0.6) is 0 Å². The van der Waals surface area contributed by atoms with Crippen molar-refractivity contribution in [2.45, 2.75) is 13.8 Å². The second-order valence-electron chi connectivity index (χ2n) is 4.99. The molecule has 0 amide bonds. The zero-order chi connectivity index (χ0) is 15.4. The van der Waals surface area contributed by atoms with Crippen molar-refractivity contribution < 1.29 is 0 Å². The number of thiazole rings is 1. The minimum atomic E-state index is 0.772. The summed E-state index contributed by atoms with van der Waals surface area (Å²) in [6, 6.07) is 10.2. The molecule has 1 N–H and O–H groups in total. The summed E-state index contributed by atoms with van der Waals surface area (Å²) in [5.41, 5.74) is 8.56. The largest absolute Gasteiger partial charge is 0.264 e. The van der Waals surface area contributed by atoms with E-state index in [-0.39, 0.29) is 0 Å². The summed E-state index contributed by atoms with van der Waals surface area (Å²) in [4.78, 5) is 8.60. The molecule has 0 atom stereocenters. The van der Waals surface area contributed by atoms with Crippen LogP contribution in [0.25, 0.3) is 11.3 Å². The molecule has 0 unspecified atom stereocenters. The summed E-state index contributed by atoms with van der Waals surface area (Å²) < 4.78 is 0. The van der Waals surface area contributed by atoms with Crippen LogP contribution in [0.15, 0.2) is 53.2 Å². The van der Waals surface area contributed by atoms with Gasteiger partial charge in [-0.15, -0.1) is 11.3 Å². The Hall–Kier alpha value is -2.53. The number of nitrogens with one attached hydrogen (secondary N) is 1.